The molecule has 0 aliphatic heterocycles. The van der Waals surface area contributed by atoms with Gasteiger partial charge in [0.25, 0.3) is 15.9 Å². The van der Waals surface area contributed by atoms with E-state index in [9.17, 15) is 26.4 Å². The van der Waals surface area contributed by atoms with Crippen molar-refractivity contribution in [2.75, 3.05) is 30.9 Å². The van der Waals surface area contributed by atoms with E-state index in [2.05, 4.69) is 14.9 Å². The first-order valence-electron chi connectivity index (χ1n) is 9.37. The Kier molecular flexibility index (Phi) is 7.85. The first-order valence-corrected chi connectivity index (χ1v) is 10.9. The maximum atomic E-state index is 12.8. The van der Waals surface area contributed by atoms with Gasteiger partial charge in [-0.25, -0.2) is 8.42 Å². The minimum atomic E-state index is -4.58. The third-order valence-electron chi connectivity index (χ3n) is 4.48. The van der Waals surface area contributed by atoms with E-state index in [4.69, 9.17) is 0 Å². The van der Waals surface area contributed by atoms with E-state index in [1.54, 1.807) is 0 Å². The Balaban J connectivity index is 2.05. The number of anilines is 1. The van der Waals surface area contributed by atoms with Gasteiger partial charge in [0.1, 0.15) is 0 Å². The van der Waals surface area contributed by atoms with Crippen LogP contribution in [0, 0.1) is 0 Å². The number of benzene rings is 2. The van der Waals surface area contributed by atoms with Crippen LogP contribution >= 0.6 is 0 Å². The predicted octanol–water partition coefficient (Wildman–Crippen LogP) is 3.58. The van der Waals surface area contributed by atoms with Crippen LogP contribution in [0.5, 0.6) is 0 Å². The van der Waals surface area contributed by atoms with Gasteiger partial charge in [0.05, 0.1) is 10.5 Å². The molecule has 1 amide bonds. The number of hydrogen-bond donors (Lipinski definition) is 2. The van der Waals surface area contributed by atoms with Crippen LogP contribution in [0.3, 0.4) is 0 Å². The molecule has 0 bridgehead atoms. The molecule has 0 atom stereocenters. The Bertz CT molecular complexity index is 957. The van der Waals surface area contributed by atoms with Gasteiger partial charge in [0.15, 0.2) is 0 Å². The second kappa shape index (κ2) is 9.94. The summed E-state index contributed by atoms with van der Waals surface area (Å²) in [6.45, 7) is 6.95. The average molecular weight is 443 g/mol. The monoisotopic (exact) mass is 443 g/mol. The van der Waals surface area contributed by atoms with E-state index in [0.29, 0.717) is 13.1 Å². The van der Waals surface area contributed by atoms with Crippen molar-refractivity contribution in [1.82, 2.24) is 10.2 Å². The molecular weight excluding hydrogens is 419 g/mol. The van der Waals surface area contributed by atoms with Crippen molar-refractivity contribution in [3.63, 3.8) is 0 Å². The molecule has 0 saturated heterocycles. The van der Waals surface area contributed by atoms with Gasteiger partial charge in [0.2, 0.25) is 0 Å². The number of rotatable bonds is 9. The molecule has 0 aliphatic carbocycles. The molecule has 6 nitrogen and oxygen atoms in total. The van der Waals surface area contributed by atoms with E-state index >= 15 is 0 Å². The first-order chi connectivity index (χ1) is 14.1. The molecule has 0 unspecified atom stereocenters. The van der Waals surface area contributed by atoms with Gasteiger partial charge in [-0.05, 0) is 55.6 Å². The van der Waals surface area contributed by atoms with Crippen molar-refractivity contribution in [3.8, 4) is 0 Å². The lowest BCUT2D eigenvalue weighted by molar-refractivity contribution is -0.137. The number of carbonyl (C=O) groups is 1. The maximum Gasteiger partial charge on any atom is 0.416 e. The Hall–Kier alpha value is -2.59. The first kappa shape index (κ1) is 23.7. The van der Waals surface area contributed by atoms with Crippen molar-refractivity contribution in [3.05, 3.63) is 59.7 Å². The number of halogens is 3. The Labute approximate surface area is 174 Å². The standard InChI is InChI=1S/C20H24F3N3O3S/c1-3-26(4-2)13-12-24-19(27)15-8-10-18(11-9-15)30(28,29)25-17-7-5-6-16(14-17)20(21,22)23/h5-11,14,25H,3-4,12-13H2,1-2H3,(H,24,27). The van der Waals surface area contributed by atoms with Crippen LogP contribution in [-0.4, -0.2) is 45.4 Å². The lowest BCUT2D eigenvalue weighted by Crippen LogP contribution is -2.34. The molecule has 10 heteroatoms. The fourth-order valence-corrected chi connectivity index (χ4v) is 3.78. The van der Waals surface area contributed by atoms with Gasteiger partial charge >= 0.3 is 6.18 Å². The molecular formula is C20H24F3N3O3S. The van der Waals surface area contributed by atoms with E-state index < -0.39 is 21.8 Å². The average Bonchev–Trinajstić information content (AvgIpc) is 2.70. The van der Waals surface area contributed by atoms with Gasteiger partial charge in [-0.3, -0.25) is 9.52 Å². The fraction of sp³-hybridized carbons (Fsp3) is 0.350. The van der Waals surface area contributed by atoms with Crippen LogP contribution in [0.2, 0.25) is 0 Å². The van der Waals surface area contributed by atoms with Crippen LogP contribution in [0.25, 0.3) is 0 Å². The Morgan fingerprint density at radius 2 is 1.67 bits per heavy atom. The molecule has 0 aromatic heterocycles. The number of hydrogen-bond acceptors (Lipinski definition) is 4. The zero-order valence-electron chi connectivity index (χ0n) is 16.7. The van der Waals surface area contributed by atoms with Gasteiger partial charge in [-0.15, -0.1) is 0 Å². The molecule has 0 fully saturated rings. The number of nitrogens with one attached hydrogen (secondary N) is 2. The van der Waals surface area contributed by atoms with Crippen LogP contribution in [0.1, 0.15) is 29.8 Å². The summed E-state index contributed by atoms with van der Waals surface area (Å²) in [6.07, 6.45) is -4.58. The number of nitrogens with zero attached hydrogens (tertiary/aromatic N) is 1. The highest BCUT2D eigenvalue weighted by molar-refractivity contribution is 7.92. The van der Waals surface area contributed by atoms with Crippen LogP contribution < -0.4 is 10.0 Å². The Morgan fingerprint density at radius 1 is 1.03 bits per heavy atom. The van der Waals surface area contributed by atoms with E-state index in [1.807, 2.05) is 13.8 Å². The second-order valence-corrected chi connectivity index (χ2v) is 8.17. The molecule has 0 spiro atoms. The molecule has 0 saturated carbocycles. The molecule has 2 N–H and O–H groups in total. The van der Waals surface area contributed by atoms with Gasteiger partial charge in [-0.2, -0.15) is 13.2 Å². The zero-order chi connectivity index (χ0) is 22.4. The number of sulfonamides is 1. The van der Waals surface area contributed by atoms with Crippen molar-refractivity contribution in [2.24, 2.45) is 0 Å². The smallest absolute Gasteiger partial charge is 0.351 e. The summed E-state index contributed by atoms with van der Waals surface area (Å²) < 4.78 is 65.4. The molecule has 30 heavy (non-hydrogen) atoms. The summed E-state index contributed by atoms with van der Waals surface area (Å²) in [4.78, 5) is 14.2. The van der Waals surface area contributed by atoms with E-state index in [-0.39, 0.29) is 22.1 Å². The van der Waals surface area contributed by atoms with Crippen LogP contribution in [0.15, 0.2) is 53.4 Å². The van der Waals surface area contributed by atoms with Crippen LogP contribution in [-0.2, 0) is 16.2 Å². The minimum absolute atomic E-state index is 0.167. The maximum absolute atomic E-state index is 12.8. The second-order valence-electron chi connectivity index (χ2n) is 6.49. The highest BCUT2D eigenvalue weighted by Gasteiger charge is 2.30. The number of likely N-dealkylation sites (N-methyl/N-ethyl adjacent to an activating group) is 1. The number of carbonyl (C=O) groups excluding carboxylic acids is 1. The largest absolute Gasteiger partial charge is 0.416 e. The summed E-state index contributed by atoms with van der Waals surface area (Å²) in [5.41, 5.74) is -0.880. The molecule has 164 valence electrons. The summed E-state index contributed by atoms with van der Waals surface area (Å²) in [5.74, 6) is -0.336. The molecule has 0 radical (unpaired) electrons. The zero-order valence-corrected chi connectivity index (χ0v) is 17.5. The molecule has 0 aliphatic rings. The highest BCUT2D eigenvalue weighted by atomic mass is 32.2. The molecule has 0 heterocycles. The van der Waals surface area contributed by atoms with E-state index in [0.717, 1.165) is 31.3 Å². The van der Waals surface area contributed by atoms with Crippen molar-refractivity contribution >= 4 is 21.6 Å². The van der Waals surface area contributed by atoms with Gasteiger partial charge in [0, 0.05) is 24.3 Å². The van der Waals surface area contributed by atoms with Crippen molar-refractivity contribution in [2.45, 2.75) is 24.9 Å². The summed E-state index contributed by atoms with van der Waals surface area (Å²) >= 11 is 0. The quantitative estimate of drug-likeness (QED) is 0.621. The van der Waals surface area contributed by atoms with Crippen molar-refractivity contribution < 1.29 is 26.4 Å². The number of alkyl halides is 3. The molecule has 2 aromatic carbocycles. The van der Waals surface area contributed by atoms with Gasteiger partial charge in [-0.1, -0.05) is 19.9 Å². The summed E-state index contributed by atoms with van der Waals surface area (Å²) in [5, 5.41) is 2.76. The summed E-state index contributed by atoms with van der Waals surface area (Å²) in [7, 11) is -4.11. The lowest BCUT2D eigenvalue weighted by Gasteiger charge is -2.18. The predicted molar refractivity (Wildman–Crippen MR) is 109 cm³/mol. The lowest BCUT2D eigenvalue weighted by atomic mass is 10.2. The highest BCUT2D eigenvalue weighted by Crippen LogP contribution is 2.31. The topological polar surface area (TPSA) is 78.5 Å². The summed E-state index contributed by atoms with van der Waals surface area (Å²) in [6, 6.07) is 9.09. The SMILES string of the molecule is CCN(CC)CCNC(=O)c1ccc(S(=O)(=O)Nc2cccc(C(F)(F)F)c2)cc1. The Morgan fingerprint density at radius 3 is 2.23 bits per heavy atom. The van der Waals surface area contributed by atoms with Gasteiger partial charge < -0.3 is 10.2 Å². The fourth-order valence-electron chi connectivity index (χ4n) is 2.73. The van der Waals surface area contributed by atoms with Crippen molar-refractivity contribution in [1.29, 1.82) is 0 Å². The van der Waals surface area contributed by atoms with E-state index in [1.165, 1.54) is 30.3 Å². The van der Waals surface area contributed by atoms with Crippen LogP contribution in [0.4, 0.5) is 18.9 Å². The minimum Gasteiger partial charge on any atom is -0.351 e. The number of amides is 1. The third kappa shape index (κ3) is 6.46. The molecule has 2 rings (SSSR count). The molecule has 2 aromatic rings. The third-order valence-corrected chi connectivity index (χ3v) is 5.87. The normalized spacial score (nSPS) is 12.1.